The van der Waals surface area contributed by atoms with Crippen LogP contribution in [0.3, 0.4) is 0 Å². The van der Waals surface area contributed by atoms with Crippen LogP contribution in [0.4, 0.5) is 5.13 Å². The summed E-state index contributed by atoms with van der Waals surface area (Å²) in [5, 5.41) is 19.5. The van der Waals surface area contributed by atoms with Crippen molar-refractivity contribution in [3.63, 3.8) is 0 Å². The van der Waals surface area contributed by atoms with Crippen LogP contribution >= 0.6 is 22.9 Å². The molecule has 2 amide bonds. The molecule has 14 nitrogen and oxygen atoms in total. The molecule has 1 spiro atoms. The topological polar surface area (TPSA) is 181 Å². The Kier molecular flexibility index (Phi) is 10.5. The Hall–Kier alpha value is -5.02. The average Bonchev–Trinajstić information content (AvgIpc) is 3.66. The zero-order chi connectivity index (χ0) is 36.5. The number of aromatic nitrogens is 1. The highest BCUT2D eigenvalue weighted by atomic mass is 35.5. The van der Waals surface area contributed by atoms with Gasteiger partial charge in [-0.3, -0.25) is 19.2 Å². The van der Waals surface area contributed by atoms with Gasteiger partial charge in [0.15, 0.2) is 33.9 Å². The third-order valence-corrected chi connectivity index (χ3v) is 9.88. The largest absolute Gasteiger partial charge is 0.507 e. The van der Waals surface area contributed by atoms with Gasteiger partial charge in [-0.15, -0.1) is 11.3 Å². The van der Waals surface area contributed by atoms with Gasteiger partial charge in [0, 0.05) is 41.7 Å². The summed E-state index contributed by atoms with van der Waals surface area (Å²) < 4.78 is 33.7. The minimum Gasteiger partial charge on any atom is -0.507 e. The molecule has 5 rings (SSSR count). The van der Waals surface area contributed by atoms with Gasteiger partial charge in [-0.05, 0) is 24.6 Å². The van der Waals surface area contributed by atoms with Gasteiger partial charge in [0.05, 0.1) is 47.8 Å². The third-order valence-electron chi connectivity index (χ3n) is 8.65. The Morgan fingerprint density at radius 3 is 2.22 bits per heavy atom. The highest BCUT2D eigenvalue weighted by molar-refractivity contribution is 7.13. The van der Waals surface area contributed by atoms with Crippen molar-refractivity contribution in [1.29, 1.82) is 0 Å². The summed E-state index contributed by atoms with van der Waals surface area (Å²) in [4.78, 5) is 58.7. The molecule has 2 aliphatic rings. The van der Waals surface area contributed by atoms with Crippen LogP contribution in [0.25, 0.3) is 0 Å². The highest BCUT2D eigenvalue weighted by Gasteiger charge is 2.61. The Labute approximate surface area is 296 Å². The van der Waals surface area contributed by atoms with Crippen molar-refractivity contribution >= 4 is 51.5 Å². The van der Waals surface area contributed by atoms with Crippen molar-refractivity contribution in [2.75, 3.05) is 47.4 Å². The zero-order valence-electron chi connectivity index (χ0n) is 28.3. The van der Waals surface area contributed by atoms with E-state index in [1.54, 1.807) is 19.2 Å². The molecule has 16 heteroatoms. The number of thiazole rings is 1. The summed E-state index contributed by atoms with van der Waals surface area (Å²) in [5.74, 6) is -4.32. The molecule has 3 N–H and O–H groups in total. The van der Waals surface area contributed by atoms with Gasteiger partial charge >= 0.3 is 0 Å². The minimum absolute atomic E-state index is 0.0290. The van der Waals surface area contributed by atoms with E-state index in [4.69, 9.17) is 40.0 Å². The number of nitrogens with zero attached hydrogens (tertiary/aromatic N) is 1. The highest BCUT2D eigenvalue weighted by Crippen LogP contribution is 2.56. The number of ketones is 2. The number of carbonyl (C=O) groups is 4. The maximum absolute atomic E-state index is 14.4. The second-order valence-electron chi connectivity index (χ2n) is 11.6. The fourth-order valence-electron chi connectivity index (χ4n) is 6.24. The fourth-order valence-corrected chi connectivity index (χ4v) is 7.21. The zero-order valence-corrected chi connectivity index (χ0v) is 29.9. The summed E-state index contributed by atoms with van der Waals surface area (Å²) in [6.45, 7) is 2.97. The maximum atomic E-state index is 14.4. The van der Waals surface area contributed by atoms with Crippen LogP contribution in [0.5, 0.6) is 34.5 Å². The monoisotopic (exact) mass is 729 g/mol. The van der Waals surface area contributed by atoms with E-state index in [0.717, 1.165) is 5.69 Å². The predicted molar refractivity (Wildman–Crippen MR) is 183 cm³/mol. The lowest BCUT2D eigenvalue weighted by Crippen LogP contribution is -2.53. The van der Waals surface area contributed by atoms with Crippen LogP contribution < -0.4 is 39.1 Å². The Balaban J connectivity index is 1.61. The van der Waals surface area contributed by atoms with Gasteiger partial charge in [-0.2, -0.15) is 0 Å². The van der Waals surface area contributed by atoms with Crippen molar-refractivity contribution in [3.8, 4) is 34.5 Å². The van der Waals surface area contributed by atoms with E-state index in [1.807, 2.05) is 0 Å². The Morgan fingerprint density at radius 2 is 1.66 bits per heavy atom. The lowest BCUT2D eigenvalue weighted by molar-refractivity contribution is -0.124. The number of Topliss-reactive ketones (excluding diaryl/α,β-unsaturated/α-hetero) is 2. The number of halogens is 1. The number of benzene rings is 2. The molecule has 0 radical (unpaired) electrons. The normalized spacial score (nSPS) is 18.7. The molecule has 0 saturated heterocycles. The lowest BCUT2D eigenvalue weighted by atomic mass is 9.69. The number of ether oxygens (including phenoxy) is 6. The Morgan fingerprint density at radius 1 is 1.02 bits per heavy atom. The summed E-state index contributed by atoms with van der Waals surface area (Å²) in [6.07, 6.45) is -0.689. The number of anilines is 1. The van der Waals surface area contributed by atoms with Gasteiger partial charge in [-0.1, -0.05) is 18.5 Å². The molecule has 266 valence electrons. The smallest absolute Gasteiger partial charge is 0.245 e. The van der Waals surface area contributed by atoms with Gasteiger partial charge in [-0.25, -0.2) is 4.98 Å². The second-order valence-corrected chi connectivity index (χ2v) is 12.8. The van der Waals surface area contributed by atoms with Crippen LogP contribution in [-0.4, -0.2) is 81.2 Å². The number of rotatable bonds is 12. The Bertz CT molecular complexity index is 1880. The van der Waals surface area contributed by atoms with Crippen molar-refractivity contribution in [2.24, 2.45) is 5.92 Å². The molecule has 2 heterocycles. The first kappa shape index (κ1) is 36.3. The molecule has 3 unspecified atom stereocenters. The number of aliphatic hydroxyl groups excluding tert-OH is 1. The van der Waals surface area contributed by atoms with Crippen molar-refractivity contribution in [2.45, 2.75) is 38.2 Å². The van der Waals surface area contributed by atoms with Crippen LogP contribution in [-0.2, 0) is 14.4 Å². The number of amides is 2. The van der Waals surface area contributed by atoms with Crippen molar-refractivity contribution in [1.82, 2.24) is 10.3 Å². The van der Waals surface area contributed by atoms with Crippen molar-refractivity contribution in [3.05, 3.63) is 56.8 Å². The predicted octanol–water partition coefficient (Wildman–Crippen LogP) is 4.81. The van der Waals surface area contributed by atoms with E-state index >= 15 is 0 Å². The SMILES string of the molecule is COc1cc(OC)c2c(c1Cl)OC1(C2=O)C(O)=C(C(CC(=O)NCC(=O)Nc2nc(C)cs2)c2cc(OC)c(OC)c(OC)c2)C(=O)CC1C. The molecular formula is C34H36ClN3O11S. The van der Waals surface area contributed by atoms with E-state index in [-0.39, 0.29) is 57.1 Å². The summed E-state index contributed by atoms with van der Waals surface area (Å²) in [5.41, 5.74) is -1.35. The van der Waals surface area contributed by atoms with Gasteiger partial charge in [0.25, 0.3) is 0 Å². The van der Waals surface area contributed by atoms with Crippen LogP contribution in [0.2, 0.25) is 5.02 Å². The number of allylic oxidation sites excluding steroid dienone is 1. The van der Waals surface area contributed by atoms with Gasteiger partial charge in [0.2, 0.25) is 28.9 Å². The fraction of sp³-hybridized carbons (Fsp3) is 0.382. The lowest BCUT2D eigenvalue weighted by Gasteiger charge is -2.38. The van der Waals surface area contributed by atoms with Crippen LogP contribution in [0, 0.1) is 12.8 Å². The quantitative estimate of drug-likeness (QED) is 0.232. The summed E-state index contributed by atoms with van der Waals surface area (Å²) >= 11 is 7.83. The first-order valence-corrected chi connectivity index (χ1v) is 16.5. The van der Waals surface area contributed by atoms with E-state index in [2.05, 4.69) is 15.6 Å². The van der Waals surface area contributed by atoms with Gasteiger partial charge in [0.1, 0.15) is 22.1 Å². The van der Waals surface area contributed by atoms with E-state index < -0.39 is 59.5 Å². The number of methoxy groups -OCH3 is 5. The first-order chi connectivity index (χ1) is 23.8. The van der Waals surface area contributed by atoms with E-state index in [0.29, 0.717) is 10.7 Å². The number of aliphatic hydroxyl groups is 1. The molecule has 0 fully saturated rings. The van der Waals surface area contributed by atoms with E-state index in [9.17, 15) is 24.3 Å². The molecule has 3 aromatic rings. The third kappa shape index (κ3) is 6.26. The molecule has 1 aliphatic heterocycles. The molecule has 50 heavy (non-hydrogen) atoms. The number of nitrogens with one attached hydrogen (secondary N) is 2. The number of hydrogen-bond donors (Lipinski definition) is 3. The molecule has 0 saturated carbocycles. The number of aryl methyl sites for hydroxylation is 1. The minimum atomic E-state index is -2.10. The molecular weight excluding hydrogens is 694 g/mol. The number of hydrogen-bond acceptors (Lipinski definition) is 13. The summed E-state index contributed by atoms with van der Waals surface area (Å²) in [6, 6.07) is 4.49. The number of fused-ring (bicyclic) bond motifs is 1. The summed E-state index contributed by atoms with van der Waals surface area (Å²) in [7, 11) is 6.96. The molecule has 0 bridgehead atoms. The molecule has 3 atom stereocenters. The number of carbonyl (C=O) groups excluding carboxylic acids is 4. The van der Waals surface area contributed by atoms with Crippen LogP contribution in [0.1, 0.15) is 47.3 Å². The average molecular weight is 730 g/mol. The standard InChI is InChI=1S/C34H36ClN3O11S/c1-15-8-19(39)26(31(42)34(15)32(43)27-20(44-3)12-21(45-4)28(35)30(27)49-34)18(17-9-22(46-5)29(48-7)23(10-17)47-6)11-24(40)36-13-25(41)38-33-37-16(2)14-50-33/h9-10,12,14-15,18,42H,8,11,13H2,1-7H3,(H,36,40)(H,37,38,41). The molecule has 2 aromatic carbocycles. The molecule has 1 aromatic heterocycles. The van der Waals surface area contributed by atoms with Crippen LogP contribution in [0.15, 0.2) is 34.9 Å². The maximum Gasteiger partial charge on any atom is 0.245 e. The first-order valence-electron chi connectivity index (χ1n) is 15.3. The van der Waals surface area contributed by atoms with Gasteiger partial charge < -0.3 is 44.2 Å². The van der Waals surface area contributed by atoms with Crippen molar-refractivity contribution < 1.29 is 52.7 Å². The molecule has 1 aliphatic carbocycles. The van der Waals surface area contributed by atoms with E-state index in [1.165, 1.54) is 65.1 Å². The second kappa shape index (κ2) is 14.5.